The number of fused-ring (bicyclic) bond motifs is 1. The Labute approximate surface area is 207 Å². The molecule has 3 heterocycles. The topological polar surface area (TPSA) is 105 Å². The standard InChI is InChI=1S/C24H25ClFN7O2/c1-14(25)12-17(15(2)26)23-31-21(29-19-8-9-27-13-18(19)24(34)35-5)16-6-7-20(30-22(16)32-23)28-10-11-33(3)4/h6-9,12-13H,1-2,10-11H2,3-5H3,(H2,27,28,29,30,31,32)/b17-12+. The number of hydrogen-bond acceptors (Lipinski definition) is 9. The number of hydrogen-bond donors (Lipinski definition) is 2. The van der Waals surface area contributed by atoms with E-state index >= 15 is 0 Å². The van der Waals surface area contributed by atoms with Gasteiger partial charge in [0, 0.05) is 30.5 Å². The highest BCUT2D eigenvalue weighted by Gasteiger charge is 2.18. The molecule has 0 spiro atoms. The predicted molar refractivity (Wildman–Crippen MR) is 136 cm³/mol. The number of carbonyl (C=O) groups excluding carboxylic acids is 1. The second-order valence-electron chi connectivity index (χ2n) is 7.64. The lowest BCUT2D eigenvalue weighted by atomic mass is 10.2. The van der Waals surface area contributed by atoms with Crippen molar-refractivity contribution in [3.05, 3.63) is 72.1 Å². The summed E-state index contributed by atoms with van der Waals surface area (Å²) in [5.74, 6) is -0.528. The van der Waals surface area contributed by atoms with Crippen molar-refractivity contribution in [1.82, 2.24) is 24.8 Å². The number of allylic oxidation sites excluding steroid dienone is 4. The van der Waals surface area contributed by atoms with Crippen molar-refractivity contribution in [1.29, 1.82) is 0 Å². The van der Waals surface area contributed by atoms with Gasteiger partial charge in [-0.3, -0.25) is 4.98 Å². The molecule has 182 valence electrons. The molecule has 0 aromatic carbocycles. The van der Waals surface area contributed by atoms with E-state index in [-0.39, 0.29) is 33.5 Å². The van der Waals surface area contributed by atoms with Gasteiger partial charge in [0.15, 0.2) is 11.5 Å². The first-order valence-corrected chi connectivity index (χ1v) is 10.9. The van der Waals surface area contributed by atoms with E-state index < -0.39 is 11.8 Å². The van der Waals surface area contributed by atoms with Crippen LogP contribution in [0.5, 0.6) is 0 Å². The van der Waals surface area contributed by atoms with Crippen LogP contribution in [-0.4, -0.2) is 65.1 Å². The van der Waals surface area contributed by atoms with Gasteiger partial charge in [-0.25, -0.2) is 24.1 Å². The average Bonchev–Trinajstić information content (AvgIpc) is 2.81. The zero-order chi connectivity index (χ0) is 25.5. The summed E-state index contributed by atoms with van der Waals surface area (Å²) in [5, 5.41) is 6.94. The molecule has 3 aromatic rings. The van der Waals surface area contributed by atoms with Crippen LogP contribution < -0.4 is 10.6 Å². The second-order valence-corrected chi connectivity index (χ2v) is 8.13. The summed E-state index contributed by atoms with van der Waals surface area (Å²) < 4.78 is 19.2. The SMILES string of the molecule is C=C(Cl)/C=C(\C(=C)F)c1nc(Nc2ccncc2C(=O)OC)c2ccc(NCCN(C)C)nc2n1. The summed E-state index contributed by atoms with van der Waals surface area (Å²) in [6.45, 7) is 8.40. The number of likely N-dealkylation sites (N-methyl/N-ethyl adjacent to an activating group) is 1. The van der Waals surface area contributed by atoms with E-state index in [4.69, 9.17) is 16.3 Å². The van der Waals surface area contributed by atoms with Crippen molar-refractivity contribution in [2.24, 2.45) is 0 Å². The first kappa shape index (κ1) is 25.7. The summed E-state index contributed by atoms with van der Waals surface area (Å²) >= 11 is 5.90. The monoisotopic (exact) mass is 497 g/mol. The normalized spacial score (nSPS) is 11.4. The third-order valence-electron chi connectivity index (χ3n) is 4.74. The van der Waals surface area contributed by atoms with Gasteiger partial charge in [-0.15, -0.1) is 0 Å². The van der Waals surface area contributed by atoms with Crippen LogP contribution in [0.1, 0.15) is 16.2 Å². The van der Waals surface area contributed by atoms with Crippen molar-refractivity contribution >= 4 is 51.5 Å². The first-order chi connectivity index (χ1) is 16.7. The maximum absolute atomic E-state index is 14.3. The fourth-order valence-corrected chi connectivity index (χ4v) is 3.17. The molecule has 11 heteroatoms. The Hall–Kier alpha value is -3.89. The molecule has 0 aliphatic rings. The Morgan fingerprint density at radius 3 is 2.66 bits per heavy atom. The molecule has 0 saturated heterocycles. The van der Waals surface area contributed by atoms with Crippen LogP contribution in [0.2, 0.25) is 0 Å². The maximum atomic E-state index is 14.3. The molecule has 35 heavy (non-hydrogen) atoms. The van der Waals surface area contributed by atoms with Crippen molar-refractivity contribution < 1.29 is 13.9 Å². The van der Waals surface area contributed by atoms with E-state index in [2.05, 4.69) is 43.7 Å². The molecule has 0 fully saturated rings. The third kappa shape index (κ3) is 6.58. The molecule has 0 bridgehead atoms. The summed E-state index contributed by atoms with van der Waals surface area (Å²) in [4.78, 5) is 31.7. The molecule has 0 amide bonds. The molecule has 0 saturated carbocycles. The highest BCUT2D eigenvalue weighted by Crippen LogP contribution is 2.30. The number of nitrogens with one attached hydrogen (secondary N) is 2. The average molecular weight is 498 g/mol. The number of methoxy groups -OCH3 is 1. The Kier molecular flexibility index (Phi) is 8.45. The van der Waals surface area contributed by atoms with Crippen molar-refractivity contribution in [2.45, 2.75) is 0 Å². The molecule has 0 aliphatic heterocycles. The lowest BCUT2D eigenvalue weighted by Gasteiger charge is -2.15. The van der Waals surface area contributed by atoms with E-state index in [9.17, 15) is 9.18 Å². The van der Waals surface area contributed by atoms with Gasteiger partial charge in [0.25, 0.3) is 0 Å². The molecular weight excluding hydrogens is 473 g/mol. The van der Waals surface area contributed by atoms with Crippen LogP contribution in [0.25, 0.3) is 16.6 Å². The third-order valence-corrected chi connectivity index (χ3v) is 4.85. The van der Waals surface area contributed by atoms with Crippen LogP contribution in [0.4, 0.5) is 21.7 Å². The van der Waals surface area contributed by atoms with Gasteiger partial charge >= 0.3 is 5.97 Å². The van der Waals surface area contributed by atoms with E-state index in [0.717, 1.165) is 6.54 Å². The van der Waals surface area contributed by atoms with Crippen LogP contribution in [0, 0.1) is 0 Å². The molecular formula is C24H25ClFN7O2. The fourth-order valence-electron chi connectivity index (χ4n) is 3.06. The summed E-state index contributed by atoms with van der Waals surface area (Å²) in [7, 11) is 5.21. The highest BCUT2D eigenvalue weighted by atomic mass is 35.5. The van der Waals surface area contributed by atoms with Gasteiger partial charge in [-0.1, -0.05) is 24.8 Å². The molecule has 9 nitrogen and oxygen atoms in total. The number of nitrogens with zero attached hydrogens (tertiary/aromatic N) is 5. The lowest BCUT2D eigenvalue weighted by molar-refractivity contribution is 0.0601. The fraction of sp³-hybridized carbons (Fsp3) is 0.208. The highest BCUT2D eigenvalue weighted by molar-refractivity contribution is 6.31. The summed E-state index contributed by atoms with van der Waals surface area (Å²) in [6.07, 6.45) is 4.16. The number of anilines is 3. The van der Waals surface area contributed by atoms with Gasteiger partial charge in [0.1, 0.15) is 23.0 Å². The number of halogens is 2. The number of esters is 1. The number of rotatable bonds is 10. The molecule has 3 rings (SSSR count). The van der Waals surface area contributed by atoms with Crippen LogP contribution in [0.15, 0.2) is 60.7 Å². The first-order valence-electron chi connectivity index (χ1n) is 10.5. The minimum absolute atomic E-state index is 0.0130. The van der Waals surface area contributed by atoms with E-state index in [1.54, 1.807) is 18.2 Å². The predicted octanol–water partition coefficient (Wildman–Crippen LogP) is 4.54. The molecule has 3 aromatic heterocycles. The minimum atomic E-state index is -0.795. The van der Waals surface area contributed by atoms with Gasteiger partial charge in [0.2, 0.25) is 0 Å². The number of aromatic nitrogens is 4. The Morgan fingerprint density at radius 1 is 1.23 bits per heavy atom. The molecule has 0 unspecified atom stereocenters. The molecule has 0 atom stereocenters. The maximum Gasteiger partial charge on any atom is 0.341 e. The van der Waals surface area contributed by atoms with Gasteiger partial charge in [0.05, 0.1) is 23.8 Å². The van der Waals surface area contributed by atoms with Crippen molar-refractivity contribution in [3.8, 4) is 0 Å². The van der Waals surface area contributed by atoms with E-state index in [1.807, 2.05) is 19.0 Å². The van der Waals surface area contributed by atoms with E-state index in [0.29, 0.717) is 23.4 Å². The smallest absolute Gasteiger partial charge is 0.341 e. The van der Waals surface area contributed by atoms with Crippen LogP contribution in [-0.2, 0) is 4.74 Å². The largest absolute Gasteiger partial charge is 0.465 e. The Bertz CT molecular complexity index is 1310. The minimum Gasteiger partial charge on any atom is -0.465 e. The van der Waals surface area contributed by atoms with Crippen LogP contribution in [0.3, 0.4) is 0 Å². The number of pyridine rings is 2. The van der Waals surface area contributed by atoms with Gasteiger partial charge in [-0.05, 0) is 38.4 Å². The zero-order valence-electron chi connectivity index (χ0n) is 19.6. The Balaban J connectivity index is 2.16. The van der Waals surface area contributed by atoms with Gasteiger partial charge < -0.3 is 20.3 Å². The number of ether oxygens (including phenoxy) is 1. The molecule has 0 aliphatic carbocycles. The van der Waals surface area contributed by atoms with E-state index in [1.165, 1.54) is 25.6 Å². The quantitative estimate of drug-likeness (QED) is 0.308. The number of carbonyl (C=O) groups is 1. The van der Waals surface area contributed by atoms with Crippen molar-refractivity contribution in [2.75, 3.05) is 44.9 Å². The van der Waals surface area contributed by atoms with Crippen LogP contribution >= 0.6 is 11.6 Å². The van der Waals surface area contributed by atoms with Crippen molar-refractivity contribution in [3.63, 3.8) is 0 Å². The summed E-state index contributed by atoms with van der Waals surface area (Å²) in [5.41, 5.74) is 0.814. The van der Waals surface area contributed by atoms with Gasteiger partial charge in [-0.2, -0.15) is 0 Å². The molecule has 2 N–H and O–H groups in total. The zero-order valence-corrected chi connectivity index (χ0v) is 20.4. The summed E-state index contributed by atoms with van der Waals surface area (Å²) in [6, 6.07) is 5.15. The Morgan fingerprint density at radius 2 is 2.00 bits per heavy atom. The lowest BCUT2D eigenvalue weighted by Crippen LogP contribution is -2.21. The second kappa shape index (κ2) is 11.5. The molecule has 0 radical (unpaired) electrons.